The van der Waals surface area contributed by atoms with E-state index in [0.717, 1.165) is 18.8 Å². The van der Waals surface area contributed by atoms with E-state index in [9.17, 15) is 9.59 Å². The van der Waals surface area contributed by atoms with Crippen LogP contribution in [0, 0.1) is 0 Å². The van der Waals surface area contributed by atoms with Gasteiger partial charge in [-0.25, -0.2) is 4.79 Å². The number of amides is 3. The predicted octanol–water partition coefficient (Wildman–Crippen LogP) is 0.657. The molecule has 1 saturated heterocycles. The maximum Gasteiger partial charge on any atom is 0.312 e. The number of benzene rings is 1. The standard InChI is InChI=1S/C13H17ClN4O2/c14-10-2-1-3-11(8-10)17-4-6-18(7-5-17)12(19)9-16-13(15)20/h1-3,8H,4-7,9H2,(H3,15,16,20). The van der Waals surface area contributed by atoms with Gasteiger partial charge in [-0.15, -0.1) is 0 Å². The average Bonchev–Trinajstić information content (AvgIpc) is 2.45. The van der Waals surface area contributed by atoms with E-state index >= 15 is 0 Å². The first-order chi connectivity index (χ1) is 9.56. The molecule has 0 aliphatic carbocycles. The van der Waals surface area contributed by atoms with Crippen molar-refractivity contribution in [3.8, 4) is 0 Å². The SMILES string of the molecule is NC(=O)NCC(=O)N1CCN(c2cccc(Cl)c2)CC1. The Morgan fingerprint density at radius 1 is 1.25 bits per heavy atom. The first-order valence-electron chi connectivity index (χ1n) is 6.38. The van der Waals surface area contributed by atoms with Crippen LogP contribution in [0.1, 0.15) is 0 Å². The fourth-order valence-corrected chi connectivity index (χ4v) is 2.35. The van der Waals surface area contributed by atoms with Crippen molar-refractivity contribution in [2.45, 2.75) is 0 Å². The zero-order chi connectivity index (χ0) is 14.5. The normalized spacial score (nSPS) is 15.1. The van der Waals surface area contributed by atoms with Crippen molar-refractivity contribution in [3.05, 3.63) is 29.3 Å². The Morgan fingerprint density at radius 2 is 1.95 bits per heavy atom. The lowest BCUT2D eigenvalue weighted by Gasteiger charge is -2.36. The summed E-state index contributed by atoms with van der Waals surface area (Å²) in [5, 5.41) is 3.01. The Hall–Kier alpha value is -1.95. The highest BCUT2D eigenvalue weighted by atomic mass is 35.5. The zero-order valence-electron chi connectivity index (χ0n) is 11.0. The number of carbonyl (C=O) groups is 2. The van der Waals surface area contributed by atoms with Crippen LogP contribution >= 0.6 is 11.6 Å². The molecular formula is C13H17ClN4O2. The maximum atomic E-state index is 11.8. The van der Waals surface area contributed by atoms with Gasteiger partial charge in [0.25, 0.3) is 0 Å². The van der Waals surface area contributed by atoms with Gasteiger partial charge in [-0.1, -0.05) is 17.7 Å². The van der Waals surface area contributed by atoms with Crippen LogP contribution in [-0.4, -0.2) is 49.6 Å². The van der Waals surface area contributed by atoms with E-state index < -0.39 is 6.03 Å². The summed E-state index contributed by atoms with van der Waals surface area (Å²) in [5.74, 6) is -0.116. The Morgan fingerprint density at radius 3 is 2.55 bits per heavy atom. The number of primary amides is 1. The van der Waals surface area contributed by atoms with Gasteiger partial charge >= 0.3 is 6.03 Å². The van der Waals surface area contributed by atoms with Gasteiger partial charge in [-0.3, -0.25) is 4.79 Å². The van der Waals surface area contributed by atoms with Crippen molar-refractivity contribution >= 4 is 29.2 Å². The summed E-state index contributed by atoms with van der Waals surface area (Å²) < 4.78 is 0. The quantitative estimate of drug-likeness (QED) is 0.860. The minimum Gasteiger partial charge on any atom is -0.368 e. The summed E-state index contributed by atoms with van der Waals surface area (Å²) in [6.45, 7) is 2.66. The number of urea groups is 1. The number of nitrogens with one attached hydrogen (secondary N) is 1. The van der Waals surface area contributed by atoms with Crippen molar-refractivity contribution in [3.63, 3.8) is 0 Å². The second kappa shape index (κ2) is 6.47. The maximum absolute atomic E-state index is 11.8. The lowest BCUT2D eigenvalue weighted by atomic mass is 10.2. The topological polar surface area (TPSA) is 78.7 Å². The second-order valence-electron chi connectivity index (χ2n) is 4.57. The molecule has 0 radical (unpaired) electrons. The molecule has 0 spiro atoms. The number of anilines is 1. The highest BCUT2D eigenvalue weighted by Crippen LogP contribution is 2.20. The molecule has 0 unspecified atom stereocenters. The van der Waals surface area contributed by atoms with E-state index in [1.54, 1.807) is 4.90 Å². The van der Waals surface area contributed by atoms with Crippen LogP contribution in [-0.2, 0) is 4.79 Å². The Kier molecular flexibility index (Phi) is 4.68. The van der Waals surface area contributed by atoms with Crippen LogP contribution in [0.4, 0.5) is 10.5 Å². The van der Waals surface area contributed by atoms with Gasteiger partial charge in [0, 0.05) is 36.9 Å². The number of nitrogens with two attached hydrogens (primary N) is 1. The number of carbonyl (C=O) groups excluding carboxylic acids is 2. The van der Waals surface area contributed by atoms with E-state index in [-0.39, 0.29) is 12.5 Å². The van der Waals surface area contributed by atoms with Crippen molar-refractivity contribution in [1.29, 1.82) is 0 Å². The molecule has 0 atom stereocenters. The highest BCUT2D eigenvalue weighted by Gasteiger charge is 2.21. The lowest BCUT2D eigenvalue weighted by Crippen LogP contribution is -2.51. The molecule has 2 rings (SSSR count). The molecule has 6 nitrogen and oxygen atoms in total. The summed E-state index contributed by atoms with van der Waals surface area (Å²) in [6, 6.07) is 6.97. The van der Waals surface area contributed by atoms with Gasteiger partial charge in [0.15, 0.2) is 0 Å². The molecule has 108 valence electrons. The number of rotatable bonds is 3. The molecule has 0 aromatic heterocycles. The molecule has 7 heteroatoms. The van der Waals surface area contributed by atoms with Crippen molar-refractivity contribution in [2.24, 2.45) is 5.73 Å². The molecule has 0 saturated carbocycles. The average molecular weight is 297 g/mol. The van der Waals surface area contributed by atoms with Crippen molar-refractivity contribution in [1.82, 2.24) is 10.2 Å². The molecule has 1 heterocycles. The molecule has 1 aromatic rings. The second-order valence-corrected chi connectivity index (χ2v) is 5.00. The minimum absolute atomic E-state index is 0.0491. The van der Waals surface area contributed by atoms with Gasteiger partial charge in [-0.05, 0) is 18.2 Å². The molecule has 1 aromatic carbocycles. The zero-order valence-corrected chi connectivity index (χ0v) is 11.8. The third-order valence-corrected chi connectivity index (χ3v) is 3.45. The fraction of sp³-hybridized carbons (Fsp3) is 0.385. The summed E-state index contributed by atoms with van der Waals surface area (Å²) in [5.41, 5.74) is 6.00. The lowest BCUT2D eigenvalue weighted by molar-refractivity contribution is -0.130. The van der Waals surface area contributed by atoms with Gasteiger partial charge < -0.3 is 20.9 Å². The van der Waals surface area contributed by atoms with Gasteiger partial charge in [0.05, 0.1) is 6.54 Å². The van der Waals surface area contributed by atoms with Crippen LogP contribution in [0.2, 0.25) is 5.02 Å². The summed E-state index contributed by atoms with van der Waals surface area (Å²) >= 11 is 5.97. The van der Waals surface area contributed by atoms with Crippen LogP contribution in [0.5, 0.6) is 0 Å². The molecular weight excluding hydrogens is 280 g/mol. The van der Waals surface area contributed by atoms with Crippen molar-refractivity contribution < 1.29 is 9.59 Å². The number of nitrogens with zero attached hydrogens (tertiary/aromatic N) is 2. The molecule has 0 bridgehead atoms. The summed E-state index contributed by atoms with van der Waals surface area (Å²) in [6.07, 6.45) is 0. The van der Waals surface area contributed by atoms with Crippen LogP contribution < -0.4 is 16.0 Å². The van der Waals surface area contributed by atoms with E-state index in [4.69, 9.17) is 17.3 Å². The Balaban J connectivity index is 1.86. The van der Waals surface area contributed by atoms with Crippen molar-refractivity contribution in [2.75, 3.05) is 37.6 Å². The first-order valence-corrected chi connectivity index (χ1v) is 6.75. The highest BCUT2D eigenvalue weighted by molar-refractivity contribution is 6.30. The third-order valence-electron chi connectivity index (χ3n) is 3.22. The predicted molar refractivity (Wildman–Crippen MR) is 77.8 cm³/mol. The molecule has 1 aliphatic heterocycles. The van der Waals surface area contributed by atoms with Crippen LogP contribution in [0.25, 0.3) is 0 Å². The Labute approximate surface area is 122 Å². The van der Waals surface area contributed by atoms with Gasteiger partial charge in [0.1, 0.15) is 0 Å². The monoisotopic (exact) mass is 296 g/mol. The van der Waals surface area contributed by atoms with Gasteiger partial charge in [-0.2, -0.15) is 0 Å². The largest absolute Gasteiger partial charge is 0.368 e. The van der Waals surface area contributed by atoms with E-state index in [2.05, 4.69) is 10.2 Å². The smallest absolute Gasteiger partial charge is 0.312 e. The van der Waals surface area contributed by atoms with Crippen LogP contribution in [0.3, 0.4) is 0 Å². The Bertz CT molecular complexity index is 501. The summed E-state index contributed by atoms with van der Waals surface area (Å²) in [4.78, 5) is 26.3. The molecule has 3 amide bonds. The molecule has 20 heavy (non-hydrogen) atoms. The number of hydrogen-bond donors (Lipinski definition) is 2. The minimum atomic E-state index is -0.684. The summed E-state index contributed by atoms with van der Waals surface area (Å²) in [7, 11) is 0. The first kappa shape index (κ1) is 14.5. The molecule has 1 fully saturated rings. The van der Waals surface area contributed by atoms with Crippen LogP contribution in [0.15, 0.2) is 24.3 Å². The van der Waals surface area contributed by atoms with Gasteiger partial charge in [0.2, 0.25) is 5.91 Å². The third kappa shape index (κ3) is 3.77. The van der Waals surface area contributed by atoms with E-state index in [1.807, 2.05) is 24.3 Å². The fourth-order valence-electron chi connectivity index (χ4n) is 2.16. The molecule has 3 N–H and O–H groups in total. The number of halogens is 1. The van der Waals surface area contributed by atoms with E-state index in [0.29, 0.717) is 18.1 Å². The molecule has 1 aliphatic rings. The number of hydrogen-bond acceptors (Lipinski definition) is 3. The number of piperazine rings is 1. The van der Waals surface area contributed by atoms with E-state index in [1.165, 1.54) is 0 Å².